The SMILES string of the molecule is COc1ccc(CC/C(C)=N\Nc2ccc(F)cc2F)cc1. The molecular formula is C17H18F2N2O. The van der Waals surface area contributed by atoms with Gasteiger partial charge in [0.25, 0.3) is 0 Å². The molecule has 0 bridgehead atoms. The molecule has 0 heterocycles. The molecule has 5 heteroatoms. The summed E-state index contributed by atoms with van der Waals surface area (Å²) in [6.45, 7) is 1.86. The summed E-state index contributed by atoms with van der Waals surface area (Å²) in [5.74, 6) is -0.447. The van der Waals surface area contributed by atoms with Crippen LogP contribution in [0.2, 0.25) is 0 Å². The van der Waals surface area contributed by atoms with E-state index in [1.807, 2.05) is 31.2 Å². The maximum Gasteiger partial charge on any atom is 0.151 e. The van der Waals surface area contributed by atoms with Gasteiger partial charge in [-0.1, -0.05) is 12.1 Å². The Morgan fingerprint density at radius 2 is 1.86 bits per heavy atom. The lowest BCUT2D eigenvalue weighted by atomic mass is 10.1. The van der Waals surface area contributed by atoms with E-state index < -0.39 is 11.6 Å². The Morgan fingerprint density at radius 3 is 2.50 bits per heavy atom. The minimum Gasteiger partial charge on any atom is -0.497 e. The molecule has 0 aliphatic rings. The number of nitrogens with zero attached hydrogens (tertiary/aromatic N) is 1. The number of anilines is 1. The van der Waals surface area contributed by atoms with Gasteiger partial charge in [-0.25, -0.2) is 8.78 Å². The quantitative estimate of drug-likeness (QED) is 0.634. The number of halogens is 2. The summed E-state index contributed by atoms with van der Waals surface area (Å²) >= 11 is 0. The second-order valence-corrected chi connectivity index (χ2v) is 4.93. The average molecular weight is 304 g/mol. The van der Waals surface area contributed by atoms with Crippen molar-refractivity contribution >= 4 is 11.4 Å². The Balaban J connectivity index is 1.89. The lowest BCUT2D eigenvalue weighted by molar-refractivity contribution is 0.414. The van der Waals surface area contributed by atoms with Crippen molar-refractivity contribution in [2.45, 2.75) is 19.8 Å². The molecule has 2 rings (SSSR count). The number of ether oxygens (including phenoxy) is 1. The lowest BCUT2D eigenvalue weighted by Crippen LogP contribution is -2.01. The first-order valence-corrected chi connectivity index (χ1v) is 6.95. The molecule has 0 fully saturated rings. The van der Waals surface area contributed by atoms with Gasteiger partial charge in [0.2, 0.25) is 0 Å². The lowest BCUT2D eigenvalue weighted by Gasteiger charge is -2.06. The summed E-state index contributed by atoms with van der Waals surface area (Å²) in [6.07, 6.45) is 1.56. The average Bonchev–Trinajstić information content (AvgIpc) is 2.52. The van der Waals surface area contributed by atoms with Crippen molar-refractivity contribution < 1.29 is 13.5 Å². The van der Waals surface area contributed by atoms with Gasteiger partial charge in [-0.3, -0.25) is 5.43 Å². The third-order valence-corrected chi connectivity index (χ3v) is 3.23. The van der Waals surface area contributed by atoms with E-state index in [1.54, 1.807) is 7.11 Å². The number of hydrazone groups is 1. The molecule has 0 aliphatic heterocycles. The van der Waals surface area contributed by atoms with Crippen molar-refractivity contribution in [2.75, 3.05) is 12.5 Å². The van der Waals surface area contributed by atoms with Crippen LogP contribution in [0.25, 0.3) is 0 Å². The first kappa shape index (κ1) is 15.9. The van der Waals surface area contributed by atoms with E-state index in [0.717, 1.165) is 30.4 Å². The van der Waals surface area contributed by atoms with Crippen molar-refractivity contribution in [1.82, 2.24) is 0 Å². The van der Waals surface area contributed by atoms with Crippen LogP contribution >= 0.6 is 0 Å². The molecule has 116 valence electrons. The fourth-order valence-electron chi connectivity index (χ4n) is 1.91. The van der Waals surface area contributed by atoms with Gasteiger partial charge in [0.05, 0.1) is 12.8 Å². The summed E-state index contributed by atoms with van der Waals surface area (Å²) in [5.41, 5.74) is 4.78. The molecule has 2 aromatic carbocycles. The predicted octanol–water partition coefficient (Wildman–Crippen LogP) is 4.39. The summed E-state index contributed by atoms with van der Waals surface area (Å²) in [7, 11) is 1.63. The molecule has 0 spiro atoms. The first-order chi connectivity index (χ1) is 10.6. The summed E-state index contributed by atoms with van der Waals surface area (Å²) in [4.78, 5) is 0. The fraction of sp³-hybridized carbons (Fsp3) is 0.235. The highest BCUT2D eigenvalue weighted by Crippen LogP contribution is 2.15. The van der Waals surface area contributed by atoms with Gasteiger partial charge in [0.1, 0.15) is 11.6 Å². The van der Waals surface area contributed by atoms with Crippen LogP contribution in [-0.4, -0.2) is 12.8 Å². The summed E-state index contributed by atoms with van der Waals surface area (Å²) in [5, 5.41) is 4.11. The monoisotopic (exact) mass is 304 g/mol. The highest BCUT2D eigenvalue weighted by Gasteiger charge is 2.03. The minimum atomic E-state index is -0.660. The fourth-order valence-corrected chi connectivity index (χ4v) is 1.91. The molecule has 0 aliphatic carbocycles. The Kier molecular flexibility index (Phi) is 5.47. The maximum atomic E-state index is 13.4. The Hall–Kier alpha value is -2.43. The molecule has 0 radical (unpaired) electrons. The van der Waals surface area contributed by atoms with Crippen LogP contribution < -0.4 is 10.2 Å². The van der Waals surface area contributed by atoms with Gasteiger partial charge in [0.15, 0.2) is 5.82 Å². The van der Waals surface area contributed by atoms with E-state index in [0.29, 0.717) is 0 Å². The highest BCUT2D eigenvalue weighted by atomic mass is 19.1. The molecule has 0 amide bonds. The number of hydrogen-bond donors (Lipinski definition) is 1. The van der Waals surface area contributed by atoms with Crippen LogP contribution in [0.4, 0.5) is 14.5 Å². The molecule has 0 aromatic heterocycles. The number of benzene rings is 2. The number of rotatable bonds is 6. The zero-order chi connectivity index (χ0) is 15.9. The predicted molar refractivity (Wildman–Crippen MR) is 84.4 cm³/mol. The third-order valence-electron chi connectivity index (χ3n) is 3.23. The summed E-state index contributed by atoms with van der Waals surface area (Å²) in [6, 6.07) is 11.2. The van der Waals surface area contributed by atoms with Crippen molar-refractivity contribution in [1.29, 1.82) is 0 Å². The van der Waals surface area contributed by atoms with E-state index in [9.17, 15) is 8.78 Å². The highest BCUT2D eigenvalue weighted by molar-refractivity contribution is 5.82. The number of hydrogen-bond acceptors (Lipinski definition) is 3. The van der Waals surface area contributed by atoms with Crippen LogP contribution in [0.3, 0.4) is 0 Å². The van der Waals surface area contributed by atoms with Gasteiger partial charge >= 0.3 is 0 Å². The van der Waals surface area contributed by atoms with Gasteiger partial charge in [-0.05, 0) is 49.6 Å². The molecule has 0 unspecified atom stereocenters. The Bertz CT molecular complexity index is 654. The second kappa shape index (κ2) is 7.54. The van der Waals surface area contributed by atoms with Gasteiger partial charge < -0.3 is 4.74 Å². The zero-order valence-electron chi connectivity index (χ0n) is 12.6. The molecule has 1 N–H and O–H groups in total. The van der Waals surface area contributed by atoms with Crippen molar-refractivity contribution in [3.8, 4) is 5.75 Å². The second-order valence-electron chi connectivity index (χ2n) is 4.93. The Labute approximate surface area is 128 Å². The molecule has 2 aromatic rings. The van der Waals surface area contributed by atoms with E-state index in [1.165, 1.54) is 17.7 Å². The molecule has 22 heavy (non-hydrogen) atoms. The normalized spacial score (nSPS) is 11.4. The van der Waals surface area contributed by atoms with E-state index in [4.69, 9.17) is 4.74 Å². The zero-order valence-corrected chi connectivity index (χ0v) is 12.6. The molecule has 0 saturated carbocycles. The topological polar surface area (TPSA) is 33.6 Å². The number of nitrogens with one attached hydrogen (secondary N) is 1. The maximum absolute atomic E-state index is 13.4. The summed E-state index contributed by atoms with van der Waals surface area (Å²) < 4.78 is 31.3. The van der Waals surface area contributed by atoms with Gasteiger partial charge in [-0.15, -0.1) is 0 Å². The van der Waals surface area contributed by atoms with Crippen molar-refractivity contribution in [2.24, 2.45) is 5.10 Å². The van der Waals surface area contributed by atoms with Crippen LogP contribution in [-0.2, 0) is 6.42 Å². The van der Waals surface area contributed by atoms with Crippen molar-refractivity contribution in [3.63, 3.8) is 0 Å². The number of methoxy groups -OCH3 is 1. The molecule has 0 saturated heterocycles. The van der Waals surface area contributed by atoms with Crippen LogP contribution in [0.5, 0.6) is 5.75 Å². The minimum absolute atomic E-state index is 0.158. The van der Waals surface area contributed by atoms with Gasteiger partial charge in [0, 0.05) is 11.8 Å². The van der Waals surface area contributed by atoms with Crippen LogP contribution in [0.1, 0.15) is 18.9 Å². The number of aryl methyl sites for hydroxylation is 1. The molecule has 0 atom stereocenters. The van der Waals surface area contributed by atoms with E-state index in [-0.39, 0.29) is 5.69 Å². The molecule has 3 nitrogen and oxygen atoms in total. The molecular weight excluding hydrogens is 286 g/mol. The Morgan fingerprint density at radius 1 is 1.14 bits per heavy atom. The smallest absolute Gasteiger partial charge is 0.151 e. The largest absolute Gasteiger partial charge is 0.497 e. The van der Waals surface area contributed by atoms with Crippen LogP contribution in [0, 0.1) is 11.6 Å². The van der Waals surface area contributed by atoms with Crippen molar-refractivity contribution in [3.05, 3.63) is 59.7 Å². The van der Waals surface area contributed by atoms with E-state index >= 15 is 0 Å². The standard InChI is InChI=1S/C17H18F2N2O/c1-12(3-4-13-5-8-15(22-2)9-6-13)20-21-17-10-7-14(18)11-16(17)19/h5-11,21H,3-4H2,1-2H3/b20-12-. The van der Waals surface area contributed by atoms with Gasteiger partial charge in [-0.2, -0.15) is 5.10 Å². The first-order valence-electron chi connectivity index (χ1n) is 6.95. The van der Waals surface area contributed by atoms with Crippen LogP contribution in [0.15, 0.2) is 47.6 Å². The van der Waals surface area contributed by atoms with E-state index in [2.05, 4.69) is 10.5 Å². The third kappa shape index (κ3) is 4.55.